The minimum atomic E-state index is 0.349. The van der Waals surface area contributed by atoms with Crippen LogP contribution < -0.4 is 10.1 Å². The fraction of sp³-hybridized carbons (Fsp3) is 0.0909. The third-order valence-electron chi connectivity index (χ3n) is 4.03. The molecule has 0 amide bonds. The van der Waals surface area contributed by atoms with E-state index in [0.29, 0.717) is 11.8 Å². The van der Waals surface area contributed by atoms with Gasteiger partial charge in [-0.2, -0.15) is 0 Å². The summed E-state index contributed by atoms with van der Waals surface area (Å²) >= 11 is 0. The first-order chi connectivity index (χ1) is 13.7. The van der Waals surface area contributed by atoms with Crippen LogP contribution in [-0.2, 0) is 0 Å². The lowest BCUT2D eigenvalue weighted by molar-refractivity contribution is 0.439. The molecule has 0 fully saturated rings. The number of hydrogen-bond acceptors (Lipinski definition) is 6. The second-order valence-corrected chi connectivity index (χ2v) is 6.34. The average molecular weight is 369 g/mol. The largest absolute Gasteiger partial charge is 0.424 e. The van der Waals surface area contributed by atoms with Crippen LogP contribution in [0.5, 0.6) is 11.8 Å². The molecule has 0 radical (unpaired) electrons. The van der Waals surface area contributed by atoms with Crippen molar-refractivity contribution in [2.75, 3.05) is 5.32 Å². The van der Waals surface area contributed by atoms with Crippen molar-refractivity contribution in [3.8, 4) is 23.0 Å². The van der Waals surface area contributed by atoms with Crippen LogP contribution in [0.3, 0.4) is 0 Å². The molecule has 0 atom stereocenters. The maximum absolute atomic E-state index is 5.75. The van der Waals surface area contributed by atoms with Crippen LogP contribution in [0.15, 0.2) is 73.1 Å². The van der Waals surface area contributed by atoms with Crippen LogP contribution in [0.2, 0.25) is 0 Å². The summed E-state index contributed by atoms with van der Waals surface area (Å²) in [7, 11) is 0. The third-order valence-corrected chi connectivity index (χ3v) is 4.03. The lowest BCUT2D eigenvalue weighted by Crippen LogP contribution is -1.97. The highest BCUT2D eigenvalue weighted by Crippen LogP contribution is 2.24. The first-order valence-corrected chi connectivity index (χ1v) is 8.90. The molecule has 2 aromatic carbocycles. The van der Waals surface area contributed by atoms with Crippen LogP contribution in [0.25, 0.3) is 11.3 Å². The van der Waals surface area contributed by atoms with Crippen molar-refractivity contribution in [2.45, 2.75) is 13.8 Å². The lowest BCUT2D eigenvalue weighted by atomic mass is 10.1. The van der Waals surface area contributed by atoms with Crippen molar-refractivity contribution in [2.24, 2.45) is 0 Å². The molecule has 28 heavy (non-hydrogen) atoms. The number of anilines is 2. The fourth-order valence-corrected chi connectivity index (χ4v) is 2.79. The van der Waals surface area contributed by atoms with Gasteiger partial charge in [-0.1, -0.05) is 30.3 Å². The Bertz CT molecular complexity index is 1060. The van der Waals surface area contributed by atoms with Gasteiger partial charge < -0.3 is 10.1 Å². The van der Waals surface area contributed by atoms with E-state index in [2.05, 4.69) is 25.3 Å². The molecule has 2 heterocycles. The summed E-state index contributed by atoms with van der Waals surface area (Å²) in [4.78, 5) is 17.2. The molecule has 0 aliphatic rings. The highest BCUT2D eigenvalue weighted by atomic mass is 16.5. The Hall–Kier alpha value is -3.80. The molecule has 0 saturated carbocycles. The van der Waals surface area contributed by atoms with E-state index in [0.717, 1.165) is 34.2 Å². The highest BCUT2D eigenvalue weighted by Gasteiger charge is 2.05. The van der Waals surface area contributed by atoms with Crippen LogP contribution in [-0.4, -0.2) is 19.9 Å². The first kappa shape index (κ1) is 17.6. The Kier molecular flexibility index (Phi) is 4.93. The zero-order valence-electron chi connectivity index (χ0n) is 15.6. The molecule has 2 aromatic heterocycles. The maximum atomic E-state index is 5.75. The molecule has 4 rings (SSSR count). The Morgan fingerprint density at radius 1 is 0.786 bits per heavy atom. The van der Waals surface area contributed by atoms with E-state index in [1.54, 1.807) is 6.33 Å². The van der Waals surface area contributed by atoms with Gasteiger partial charge in [-0.3, -0.25) is 0 Å². The SMILES string of the molecule is Cc1cc(C)nc(Oc2ccc(Nc3cc(-c4ccccc4)ncn3)cc2)n1. The zero-order chi connectivity index (χ0) is 19.3. The molecule has 4 aromatic rings. The van der Waals surface area contributed by atoms with Crippen LogP contribution >= 0.6 is 0 Å². The summed E-state index contributed by atoms with van der Waals surface area (Å²) in [6.07, 6.45) is 1.56. The normalized spacial score (nSPS) is 10.5. The van der Waals surface area contributed by atoms with Crippen molar-refractivity contribution >= 4 is 11.5 Å². The molecule has 6 nitrogen and oxygen atoms in total. The van der Waals surface area contributed by atoms with Crippen LogP contribution in [0, 0.1) is 13.8 Å². The number of nitrogens with one attached hydrogen (secondary N) is 1. The van der Waals surface area contributed by atoms with Crippen molar-refractivity contribution < 1.29 is 4.74 Å². The predicted molar refractivity (Wildman–Crippen MR) is 109 cm³/mol. The maximum Gasteiger partial charge on any atom is 0.322 e. The summed E-state index contributed by atoms with van der Waals surface area (Å²) in [5.41, 5.74) is 4.55. The van der Waals surface area contributed by atoms with E-state index < -0.39 is 0 Å². The first-order valence-electron chi connectivity index (χ1n) is 8.90. The minimum absolute atomic E-state index is 0.349. The third kappa shape index (κ3) is 4.29. The van der Waals surface area contributed by atoms with Gasteiger partial charge in [0.15, 0.2) is 0 Å². The van der Waals surface area contributed by atoms with E-state index in [-0.39, 0.29) is 0 Å². The standard InChI is InChI=1S/C22H19N5O/c1-15-12-16(2)26-22(25-15)28-19-10-8-18(9-11-19)27-21-13-20(23-14-24-21)17-6-4-3-5-7-17/h3-14H,1-2H3,(H,23,24,27). The molecule has 0 aliphatic carbocycles. The lowest BCUT2D eigenvalue weighted by Gasteiger charge is -2.09. The topological polar surface area (TPSA) is 72.8 Å². The molecule has 0 aliphatic heterocycles. The number of hydrogen-bond donors (Lipinski definition) is 1. The number of aromatic nitrogens is 4. The Morgan fingerprint density at radius 2 is 1.50 bits per heavy atom. The Balaban J connectivity index is 1.47. The van der Waals surface area contributed by atoms with Gasteiger partial charge in [0.25, 0.3) is 0 Å². The van der Waals surface area contributed by atoms with E-state index in [1.807, 2.05) is 80.6 Å². The minimum Gasteiger partial charge on any atom is -0.424 e. The number of aryl methyl sites for hydroxylation is 2. The average Bonchev–Trinajstić information content (AvgIpc) is 2.70. The number of benzene rings is 2. The monoisotopic (exact) mass is 369 g/mol. The highest BCUT2D eigenvalue weighted by molar-refractivity contribution is 5.65. The van der Waals surface area contributed by atoms with Gasteiger partial charge in [0.1, 0.15) is 17.9 Å². The number of nitrogens with zero attached hydrogens (tertiary/aromatic N) is 4. The van der Waals surface area contributed by atoms with Gasteiger partial charge in [-0.25, -0.2) is 19.9 Å². The van der Waals surface area contributed by atoms with Gasteiger partial charge in [0.05, 0.1) is 5.69 Å². The van der Waals surface area contributed by atoms with E-state index >= 15 is 0 Å². The molecule has 1 N–H and O–H groups in total. The summed E-state index contributed by atoms with van der Waals surface area (Å²) < 4.78 is 5.75. The smallest absolute Gasteiger partial charge is 0.322 e. The van der Waals surface area contributed by atoms with Crippen molar-refractivity contribution in [3.05, 3.63) is 84.4 Å². The van der Waals surface area contributed by atoms with E-state index in [4.69, 9.17) is 4.74 Å². The number of ether oxygens (including phenoxy) is 1. The van der Waals surface area contributed by atoms with Crippen LogP contribution in [0.4, 0.5) is 11.5 Å². The second kappa shape index (κ2) is 7.84. The summed E-state index contributed by atoms with van der Waals surface area (Å²) in [5, 5.41) is 3.29. The Morgan fingerprint density at radius 3 is 2.21 bits per heavy atom. The van der Waals surface area contributed by atoms with Gasteiger partial charge in [-0.05, 0) is 44.2 Å². The molecule has 0 unspecified atom stereocenters. The molecule has 138 valence electrons. The molecule has 0 saturated heterocycles. The molecule has 0 bridgehead atoms. The predicted octanol–water partition coefficient (Wildman–Crippen LogP) is 5.09. The summed E-state index contributed by atoms with van der Waals surface area (Å²) in [6.45, 7) is 3.83. The fourth-order valence-electron chi connectivity index (χ4n) is 2.79. The van der Waals surface area contributed by atoms with Gasteiger partial charge >= 0.3 is 6.01 Å². The van der Waals surface area contributed by atoms with E-state index in [1.165, 1.54) is 0 Å². The Labute approximate surface area is 163 Å². The number of rotatable bonds is 5. The molecule has 6 heteroatoms. The second-order valence-electron chi connectivity index (χ2n) is 6.34. The van der Waals surface area contributed by atoms with Gasteiger partial charge in [0, 0.05) is 28.7 Å². The van der Waals surface area contributed by atoms with Gasteiger partial charge in [-0.15, -0.1) is 0 Å². The summed E-state index contributed by atoms with van der Waals surface area (Å²) in [6, 6.07) is 21.7. The van der Waals surface area contributed by atoms with E-state index in [9.17, 15) is 0 Å². The molecular formula is C22H19N5O. The molecule has 0 spiro atoms. The van der Waals surface area contributed by atoms with Crippen molar-refractivity contribution in [1.29, 1.82) is 0 Å². The molecular weight excluding hydrogens is 350 g/mol. The van der Waals surface area contributed by atoms with Crippen LogP contribution in [0.1, 0.15) is 11.4 Å². The van der Waals surface area contributed by atoms with Crippen molar-refractivity contribution in [1.82, 2.24) is 19.9 Å². The zero-order valence-corrected chi connectivity index (χ0v) is 15.6. The quantitative estimate of drug-likeness (QED) is 0.528. The summed E-state index contributed by atoms with van der Waals surface area (Å²) in [5.74, 6) is 1.39. The van der Waals surface area contributed by atoms with Crippen molar-refractivity contribution in [3.63, 3.8) is 0 Å². The van der Waals surface area contributed by atoms with Gasteiger partial charge in [0.2, 0.25) is 0 Å².